The van der Waals surface area contributed by atoms with Crippen LogP contribution in [0.5, 0.6) is 17.2 Å². The van der Waals surface area contributed by atoms with Gasteiger partial charge in [-0.2, -0.15) is 0 Å². The van der Waals surface area contributed by atoms with E-state index in [4.69, 9.17) is 0 Å². The largest absolute Gasteiger partial charge is 0.511 e. The SMILES string of the molecule is CCCC(=O)c1c(O)c(CC=C(C)CCC=C(C)C)c(O)c(CC2=C(O)[C@@](C)(CC=C(C)CCC=C(C)C)C(=O)C(C(C)=O)=C2O)c1O. The minimum Gasteiger partial charge on any atom is -0.511 e. The summed E-state index contributed by atoms with van der Waals surface area (Å²) in [4.78, 5) is 39.6. The summed E-state index contributed by atoms with van der Waals surface area (Å²) in [5, 5.41) is 56.9. The molecule has 262 valence electrons. The quantitative estimate of drug-likeness (QED) is 0.0667. The Balaban J connectivity index is 2.77. The molecule has 0 spiro atoms. The highest BCUT2D eigenvalue weighted by atomic mass is 16.3. The Morgan fingerprint density at radius 3 is 1.73 bits per heavy atom. The number of hydrogen-bond acceptors (Lipinski definition) is 8. The number of allylic oxidation sites excluding steroid dienone is 11. The van der Waals surface area contributed by atoms with E-state index in [1.54, 1.807) is 6.92 Å². The molecule has 1 atom stereocenters. The highest BCUT2D eigenvalue weighted by molar-refractivity contribution is 6.23. The molecule has 0 aromatic heterocycles. The zero-order chi connectivity index (χ0) is 36.5. The topological polar surface area (TPSA) is 152 Å². The molecule has 0 saturated carbocycles. The molecule has 8 nitrogen and oxygen atoms in total. The predicted molar refractivity (Wildman–Crippen MR) is 191 cm³/mol. The number of benzene rings is 1. The Bertz CT molecular complexity index is 1620. The van der Waals surface area contributed by atoms with Crippen molar-refractivity contribution in [2.75, 3.05) is 0 Å². The number of phenols is 3. The van der Waals surface area contributed by atoms with Crippen LogP contribution in [0.15, 0.2) is 69.3 Å². The molecule has 1 aromatic carbocycles. The van der Waals surface area contributed by atoms with Crippen LogP contribution in [0.1, 0.15) is 129 Å². The van der Waals surface area contributed by atoms with Crippen molar-refractivity contribution in [3.63, 3.8) is 0 Å². The van der Waals surface area contributed by atoms with Crippen molar-refractivity contribution in [3.05, 3.63) is 86.0 Å². The maximum atomic E-state index is 13.7. The Morgan fingerprint density at radius 1 is 0.708 bits per heavy atom. The van der Waals surface area contributed by atoms with Crippen LogP contribution in [0.25, 0.3) is 0 Å². The van der Waals surface area contributed by atoms with Gasteiger partial charge in [0.2, 0.25) is 0 Å². The van der Waals surface area contributed by atoms with Crippen LogP contribution in [-0.4, -0.2) is 42.9 Å². The summed E-state index contributed by atoms with van der Waals surface area (Å²) in [6.07, 6.45) is 10.9. The number of aromatic hydroxyl groups is 3. The second-order valence-corrected chi connectivity index (χ2v) is 13.6. The standard InChI is InChI=1S/C40H54O8/c1-10-13-31(42)33-35(44)28(19-18-25(6)16-11-14-23(2)3)34(43)29(36(33)45)22-30-37(46)32(27(8)41)39(48)40(9,38(30)47)21-20-26(7)17-12-15-24(4)5/h14-15,18,20,43-47H,10-13,16-17,19,21-22H2,1-9H3/t40-/m1/s1. The Morgan fingerprint density at radius 2 is 1.23 bits per heavy atom. The lowest BCUT2D eigenvalue weighted by molar-refractivity contribution is -0.127. The fourth-order valence-corrected chi connectivity index (χ4v) is 5.78. The summed E-state index contributed by atoms with van der Waals surface area (Å²) in [7, 11) is 0. The van der Waals surface area contributed by atoms with Gasteiger partial charge in [0, 0.05) is 29.5 Å². The molecule has 0 aliphatic heterocycles. The number of Topliss-reactive ketones (excluding diaryl/α,β-unsaturated/α-hetero) is 3. The number of ketones is 3. The van der Waals surface area contributed by atoms with E-state index in [9.17, 15) is 39.9 Å². The van der Waals surface area contributed by atoms with Crippen molar-refractivity contribution in [3.8, 4) is 17.2 Å². The number of hydrogen-bond donors (Lipinski definition) is 5. The number of phenolic OH excluding ortho intramolecular Hbond substituents is 3. The van der Waals surface area contributed by atoms with Gasteiger partial charge in [0.25, 0.3) is 0 Å². The number of rotatable bonds is 16. The van der Waals surface area contributed by atoms with E-state index in [0.29, 0.717) is 6.42 Å². The van der Waals surface area contributed by atoms with Crippen molar-refractivity contribution in [1.29, 1.82) is 0 Å². The molecule has 48 heavy (non-hydrogen) atoms. The second kappa shape index (κ2) is 17.2. The maximum absolute atomic E-state index is 13.7. The lowest BCUT2D eigenvalue weighted by Crippen LogP contribution is -2.38. The fraction of sp³-hybridized carbons (Fsp3) is 0.475. The molecule has 0 saturated heterocycles. The lowest BCUT2D eigenvalue weighted by atomic mass is 9.70. The molecule has 0 unspecified atom stereocenters. The van der Waals surface area contributed by atoms with Gasteiger partial charge in [-0.1, -0.05) is 53.5 Å². The molecule has 0 amide bonds. The minimum atomic E-state index is -1.63. The number of carbonyl (C=O) groups excluding carboxylic acids is 3. The van der Waals surface area contributed by atoms with Crippen LogP contribution in [0, 0.1) is 5.41 Å². The van der Waals surface area contributed by atoms with Crippen LogP contribution >= 0.6 is 0 Å². The molecular formula is C40H54O8. The van der Waals surface area contributed by atoms with Gasteiger partial charge in [-0.05, 0) is 100 Å². The van der Waals surface area contributed by atoms with E-state index >= 15 is 0 Å². The molecular weight excluding hydrogens is 608 g/mol. The van der Waals surface area contributed by atoms with Gasteiger partial charge in [0.15, 0.2) is 17.3 Å². The summed E-state index contributed by atoms with van der Waals surface area (Å²) in [5.74, 6) is -5.00. The molecule has 0 bridgehead atoms. The van der Waals surface area contributed by atoms with Crippen LogP contribution in [0.2, 0.25) is 0 Å². The maximum Gasteiger partial charge on any atom is 0.183 e. The van der Waals surface area contributed by atoms with E-state index < -0.39 is 63.5 Å². The first-order chi connectivity index (χ1) is 22.4. The number of aliphatic hydroxyl groups excluding tert-OH is 2. The molecule has 8 heteroatoms. The zero-order valence-corrected chi connectivity index (χ0v) is 30.1. The molecule has 1 aromatic rings. The third-order valence-electron chi connectivity index (χ3n) is 8.83. The summed E-state index contributed by atoms with van der Waals surface area (Å²) in [6, 6.07) is 0. The van der Waals surface area contributed by atoms with Gasteiger partial charge in [-0.15, -0.1) is 0 Å². The van der Waals surface area contributed by atoms with Gasteiger partial charge in [0.05, 0.1) is 5.41 Å². The van der Waals surface area contributed by atoms with Crippen molar-refractivity contribution in [2.24, 2.45) is 5.41 Å². The highest BCUT2D eigenvalue weighted by Gasteiger charge is 2.47. The Hall–Kier alpha value is -4.33. The van der Waals surface area contributed by atoms with Crippen LogP contribution < -0.4 is 0 Å². The molecule has 2 rings (SSSR count). The first-order valence-electron chi connectivity index (χ1n) is 16.7. The lowest BCUT2D eigenvalue weighted by Gasteiger charge is -2.33. The van der Waals surface area contributed by atoms with Crippen molar-refractivity contribution < 1.29 is 39.9 Å². The van der Waals surface area contributed by atoms with Crippen LogP contribution in [-0.2, 0) is 22.4 Å². The number of aliphatic hydroxyl groups is 2. The minimum absolute atomic E-state index is 0.00346. The summed E-state index contributed by atoms with van der Waals surface area (Å²) in [6.45, 7) is 16.3. The third kappa shape index (κ3) is 9.39. The van der Waals surface area contributed by atoms with Crippen molar-refractivity contribution in [2.45, 2.75) is 120 Å². The van der Waals surface area contributed by atoms with Crippen LogP contribution in [0.3, 0.4) is 0 Å². The average molecular weight is 663 g/mol. The van der Waals surface area contributed by atoms with E-state index in [1.165, 1.54) is 18.1 Å². The third-order valence-corrected chi connectivity index (χ3v) is 8.83. The summed E-state index contributed by atoms with van der Waals surface area (Å²) in [5.41, 5.74) is 1.40. The van der Waals surface area contributed by atoms with Gasteiger partial charge in [-0.3, -0.25) is 14.4 Å². The van der Waals surface area contributed by atoms with Gasteiger partial charge < -0.3 is 25.5 Å². The van der Waals surface area contributed by atoms with E-state index in [-0.39, 0.29) is 41.5 Å². The molecule has 0 heterocycles. The van der Waals surface area contributed by atoms with Gasteiger partial charge >= 0.3 is 0 Å². The zero-order valence-electron chi connectivity index (χ0n) is 30.1. The van der Waals surface area contributed by atoms with E-state index in [0.717, 1.165) is 43.8 Å². The summed E-state index contributed by atoms with van der Waals surface area (Å²) < 4.78 is 0. The molecule has 0 fully saturated rings. The van der Waals surface area contributed by atoms with Gasteiger partial charge in [-0.25, -0.2) is 0 Å². The second-order valence-electron chi connectivity index (χ2n) is 13.6. The fourth-order valence-electron chi connectivity index (χ4n) is 5.78. The average Bonchev–Trinajstić information content (AvgIpc) is 2.98. The number of carbonyl (C=O) groups is 3. The first kappa shape index (κ1) is 39.8. The monoisotopic (exact) mass is 662 g/mol. The first-order valence-corrected chi connectivity index (χ1v) is 16.7. The van der Waals surface area contributed by atoms with Gasteiger partial charge in [0.1, 0.15) is 39.9 Å². The van der Waals surface area contributed by atoms with Crippen LogP contribution in [0.4, 0.5) is 0 Å². The van der Waals surface area contributed by atoms with Crippen molar-refractivity contribution in [1.82, 2.24) is 0 Å². The normalized spacial score (nSPS) is 17.1. The smallest absolute Gasteiger partial charge is 0.183 e. The van der Waals surface area contributed by atoms with E-state index in [1.807, 2.05) is 53.7 Å². The van der Waals surface area contributed by atoms with E-state index in [2.05, 4.69) is 12.2 Å². The summed E-state index contributed by atoms with van der Waals surface area (Å²) >= 11 is 0. The molecule has 1 aliphatic rings. The molecule has 5 N–H and O–H groups in total. The highest BCUT2D eigenvalue weighted by Crippen LogP contribution is 2.48. The molecule has 0 radical (unpaired) electrons. The van der Waals surface area contributed by atoms with Crippen molar-refractivity contribution >= 4 is 17.3 Å². The Labute approximate surface area is 285 Å². The predicted octanol–water partition coefficient (Wildman–Crippen LogP) is 9.45. The molecule has 1 aliphatic carbocycles. The Kier molecular flexibility index (Phi) is 14.3.